The van der Waals surface area contributed by atoms with Crippen LogP contribution in [0.4, 0.5) is 18.0 Å². The fourth-order valence-electron chi connectivity index (χ4n) is 5.79. The van der Waals surface area contributed by atoms with Crippen molar-refractivity contribution in [3.63, 3.8) is 0 Å². The Kier molecular flexibility index (Phi) is 6.08. The topological polar surface area (TPSA) is 127 Å². The number of rotatable bonds is 2. The van der Waals surface area contributed by atoms with Crippen molar-refractivity contribution in [1.29, 1.82) is 0 Å². The van der Waals surface area contributed by atoms with Crippen molar-refractivity contribution >= 4 is 45.4 Å². The first kappa shape index (κ1) is 25.9. The highest BCUT2D eigenvalue weighted by Crippen LogP contribution is 2.56. The number of allylic oxidation sites excluding steroid dienone is 6. The number of carbonyl (C=O) groups is 5. The normalized spacial score (nSPS) is 26.9. The van der Waals surface area contributed by atoms with Crippen molar-refractivity contribution in [3.8, 4) is 11.5 Å². The van der Waals surface area contributed by atoms with Crippen LogP contribution >= 0.6 is 15.9 Å². The molecule has 9 nitrogen and oxygen atoms in total. The molecular formula is C25H17BrF3NO8. The molecule has 1 aromatic carbocycles. The van der Waals surface area contributed by atoms with Crippen LogP contribution in [0.15, 0.2) is 51.6 Å². The minimum atomic E-state index is -5.04. The number of likely N-dealkylation sites (tertiary alicyclic amines) is 1. The van der Waals surface area contributed by atoms with Crippen LogP contribution in [0.5, 0.6) is 11.5 Å². The zero-order chi connectivity index (χ0) is 27.7. The Bertz CT molecular complexity index is 1430. The fraction of sp³-hybridized carbons (Fsp3) is 0.320. The van der Waals surface area contributed by atoms with Crippen LogP contribution in [-0.4, -0.2) is 53.0 Å². The number of alkyl halides is 3. The average molecular weight is 596 g/mol. The van der Waals surface area contributed by atoms with Crippen LogP contribution in [0.25, 0.3) is 0 Å². The number of benzene rings is 1. The summed E-state index contributed by atoms with van der Waals surface area (Å²) in [4.78, 5) is 65.1. The second-order valence-corrected chi connectivity index (χ2v) is 10.00. The number of ether oxygens (including phenoxy) is 2. The zero-order valence-electron chi connectivity index (χ0n) is 19.4. The van der Waals surface area contributed by atoms with Crippen LogP contribution in [-0.2, 0) is 23.9 Å². The number of ketones is 2. The van der Waals surface area contributed by atoms with Crippen LogP contribution in [0, 0.1) is 17.8 Å². The van der Waals surface area contributed by atoms with E-state index in [9.17, 15) is 42.3 Å². The Morgan fingerprint density at radius 2 is 1.84 bits per heavy atom. The molecule has 4 atom stereocenters. The maximum absolute atomic E-state index is 13.3. The van der Waals surface area contributed by atoms with Gasteiger partial charge >= 0.3 is 12.5 Å². The van der Waals surface area contributed by atoms with Gasteiger partial charge in [0, 0.05) is 28.7 Å². The van der Waals surface area contributed by atoms with Gasteiger partial charge in [0.25, 0.3) is 0 Å². The Morgan fingerprint density at radius 3 is 2.50 bits per heavy atom. The Balaban J connectivity index is 1.69. The van der Waals surface area contributed by atoms with Gasteiger partial charge in [-0.1, -0.05) is 11.6 Å². The van der Waals surface area contributed by atoms with E-state index in [0.717, 1.165) is 31.4 Å². The summed E-state index contributed by atoms with van der Waals surface area (Å²) in [7, 11) is 1.01. The van der Waals surface area contributed by atoms with Crippen molar-refractivity contribution in [2.45, 2.75) is 25.1 Å². The molecule has 38 heavy (non-hydrogen) atoms. The number of hydrogen-bond donors (Lipinski definition) is 1. The first-order chi connectivity index (χ1) is 17.8. The smallest absolute Gasteiger partial charge is 0.508 e. The van der Waals surface area contributed by atoms with Crippen LogP contribution in [0.2, 0.25) is 0 Å². The molecule has 3 amide bonds. The lowest BCUT2D eigenvalue weighted by molar-refractivity contribution is -0.274. The van der Waals surface area contributed by atoms with Gasteiger partial charge < -0.3 is 14.6 Å². The summed E-state index contributed by atoms with van der Waals surface area (Å²) in [5.41, 5.74) is 0.156. The highest BCUT2D eigenvalue weighted by molar-refractivity contribution is 9.12. The standard InChI is InChI=1S/C25H17BrF3NO8/c1-37-24(36)30-22(34)11-4-3-10-12(19(11)23(30)35)7-14-20(17(32)8-15(26)21(14)33)18(10)13-6-9(2-5-16(13)31)38-25(27,28)29/h2-3,5-6,8,11-12,18-19,31H,4,7H2,1H3/t11-,12+,18+,19-/m0/s1. The molecule has 0 aromatic heterocycles. The number of amides is 3. The monoisotopic (exact) mass is 595 g/mol. The van der Waals surface area contributed by atoms with E-state index in [4.69, 9.17) is 0 Å². The summed E-state index contributed by atoms with van der Waals surface area (Å²) < 4.78 is 47.3. The number of halogens is 4. The second-order valence-electron chi connectivity index (χ2n) is 9.14. The lowest BCUT2D eigenvalue weighted by Crippen LogP contribution is -2.40. The second kappa shape index (κ2) is 8.93. The third kappa shape index (κ3) is 3.96. The van der Waals surface area contributed by atoms with Crippen molar-refractivity contribution in [2.24, 2.45) is 17.8 Å². The van der Waals surface area contributed by atoms with Gasteiger partial charge in [-0.25, -0.2) is 4.79 Å². The quantitative estimate of drug-likeness (QED) is 0.310. The number of nitrogens with zero attached hydrogens (tertiary/aromatic N) is 1. The third-order valence-electron chi connectivity index (χ3n) is 7.23. The molecule has 1 N–H and O–H groups in total. The molecule has 5 rings (SSSR count). The first-order valence-corrected chi connectivity index (χ1v) is 12.1. The lowest BCUT2D eigenvalue weighted by Gasteiger charge is -2.42. The van der Waals surface area contributed by atoms with Gasteiger partial charge in [-0.15, -0.1) is 13.2 Å². The van der Waals surface area contributed by atoms with E-state index in [2.05, 4.69) is 25.4 Å². The van der Waals surface area contributed by atoms with Gasteiger partial charge in [0.2, 0.25) is 11.8 Å². The largest absolute Gasteiger partial charge is 0.573 e. The Labute approximate surface area is 220 Å². The van der Waals surface area contributed by atoms with E-state index in [0.29, 0.717) is 10.5 Å². The summed E-state index contributed by atoms with van der Waals surface area (Å²) in [6, 6.07) is 2.78. The summed E-state index contributed by atoms with van der Waals surface area (Å²) in [6.07, 6.45) is -3.74. The van der Waals surface area contributed by atoms with E-state index in [1.165, 1.54) is 0 Å². The van der Waals surface area contributed by atoms with E-state index in [-0.39, 0.29) is 34.0 Å². The van der Waals surface area contributed by atoms with E-state index < -0.39 is 71.0 Å². The molecule has 0 radical (unpaired) electrons. The predicted molar refractivity (Wildman–Crippen MR) is 124 cm³/mol. The zero-order valence-corrected chi connectivity index (χ0v) is 21.0. The highest BCUT2D eigenvalue weighted by atomic mass is 79.9. The van der Waals surface area contributed by atoms with Gasteiger partial charge in [-0.3, -0.25) is 19.2 Å². The molecule has 1 aliphatic heterocycles. The van der Waals surface area contributed by atoms with Crippen molar-refractivity contribution in [2.75, 3.05) is 7.11 Å². The van der Waals surface area contributed by atoms with Gasteiger partial charge in [-0.05, 0) is 52.9 Å². The molecule has 1 fully saturated rings. The van der Waals surface area contributed by atoms with Gasteiger partial charge in [0.05, 0.1) is 23.4 Å². The molecule has 4 aliphatic rings. The summed E-state index contributed by atoms with van der Waals surface area (Å²) in [6.45, 7) is 0. The Hall–Kier alpha value is -3.74. The summed E-state index contributed by atoms with van der Waals surface area (Å²) in [5.74, 6) is -8.06. The lowest BCUT2D eigenvalue weighted by atomic mass is 9.59. The van der Waals surface area contributed by atoms with E-state index >= 15 is 0 Å². The number of carbonyl (C=O) groups excluding carboxylic acids is 5. The van der Waals surface area contributed by atoms with Crippen LogP contribution in [0.1, 0.15) is 24.3 Å². The van der Waals surface area contributed by atoms with Crippen molar-refractivity contribution in [1.82, 2.24) is 4.90 Å². The molecule has 0 unspecified atom stereocenters. The molecule has 1 saturated heterocycles. The number of fused-ring (bicyclic) bond motifs is 3. The molecule has 1 heterocycles. The first-order valence-electron chi connectivity index (χ1n) is 11.3. The molecule has 0 saturated carbocycles. The van der Waals surface area contributed by atoms with Crippen molar-refractivity contribution in [3.05, 3.63) is 57.1 Å². The minimum absolute atomic E-state index is 0.00418. The molecular weight excluding hydrogens is 579 g/mol. The number of methoxy groups -OCH3 is 1. The van der Waals surface area contributed by atoms with Gasteiger partial charge in [0.15, 0.2) is 11.6 Å². The number of phenolic OH excluding ortho intramolecular Hbond substituents is 1. The molecule has 0 spiro atoms. The number of phenols is 1. The Morgan fingerprint density at radius 1 is 1.13 bits per heavy atom. The number of aromatic hydroxyl groups is 1. The number of imide groups is 3. The molecule has 1 aromatic rings. The molecule has 198 valence electrons. The number of hydrogen-bond acceptors (Lipinski definition) is 8. The van der Waals surface area contributed by atoms with Crippen LogP contribution < -0.4 is 4.74 Å². The van der Waals surface area contributed by atoms with E-state index in [1.54, 1.807) is 6.08 Å². The predicted octanol–water partition coefficient (Wildman–Crippen LogP) is 3.82. The average Bonchev–Trinajstić information content (AvgIpc) is 3.11. The van der Waals surface area contributed by atoms with Gasteiger partial charge in [0.1, 0.15) is 11.5 Å². The minimum Gasteiger partial charge on any atom is -0.508 e. The maximum Gasteiger partial charge on any atom is 0.573 e. The van der Waals surface area contributed by atoms with Crippen LogP contribution in [0.3, 0.4) is 0 Å². The maximum atomic E-state index is 13.3. The number of Topliss-reactive ketones (excluding diaryl/α,β-unsaturated/α-hetero) is 1. The molecule has 0 bridgehead atoms. The highest BCUT2D eigenvalue weighted by Gasteiger charge is 2.58. The van der Waals surface area contributed by atoms with Crippen molar-refractivity contribution < 1.29 is 51.7 Å². The summed E-state index contributed by atoms with van der Waals surface area (Å²) in [5, 5.41) is 10.7. The molecule has 3 aliphatic carbocycles. The molecule has 13 heteroatoms. The van der Waals surface area contributed by atoms with E-state index in [1.807, 2.05) is 0 Å². The fourth-order valence-corrected chi connectivity index (χ4v) is 6.24. The summed E-state index contributed by atoms with van der Waals surface area (Å²) >= 11 is 3.05. The van der Waals surface area contributed by atoms with Gasteiger partial charge in [-0.2, -0.15) is 4.90 Å². The third-order valence-corrected chi connectivity index (χ3v) is 7.82. The SMILES string of the molecule is COC(=O)N1C(=O)[C@H]2[C@H](CC=C3[C@H](c4cc(OC(F)(F)F)ccc4O)C4=C(C[C@H]32)C(=O)C(Br)=CC4=O)C1=O.